The first-order chi connectivity index (χ1) is 9.38. The summed E-state index contributed by atoms with van der Waals surface area (Å²) < 4.78 is 44.3. The van der Waals surface area contributed by atoms with E-state index >= 15 is 0 Å². The van der Waals surface area contributed by atoms with Crippen molar-refractivity contribution in [2.75, 3.05) is 0 Å². The van der Waals surface area contributed by atoms with E-state index < -0.39 is 11.9 Å². The fourth-order valence-electron chi connectivity index (χ4n) is 1.87. The van der Waals surface area contributed by atoms with Crippen LogP contribution in [-0.4, -0.2) is 16.3 Å². The van der Waals surface area contributed by atoms with Crippen LogP contribution < -0.4 is 4.74 Å². The third-order valence-electron chi connectivity index (χ3n) is 2.68. The van der Waals surface area contributed by atoms with Crippen molar-refractivity contribution in [2.45, 2.75) is 32.5 Å². The topological polar surface area (TPSA) is 37.9 Å². The van der Waals surface area contributed by atoms with Crippen molar-refractivity contribution in [3.8, 4) is 5.88 Å². The van der Waals surface area contributed by atoms with E-state index in [1.807, 2.05) is 11.2 Å². The number of rotatable bonds is 4. The van der Waals surface area contributed by atoms with Gasteiger partial charge in [0.2, 0.25) is 5.88 Å². The zero-order chi connectivity index (χ0) is 14.8. The minimum Gasteiger partial charge on any atom is -0.474 e. The first-order valence-electron chi connectivity index (χ1n) is 6.23. The van der Waals surface area contributed by atoms with E-state index in [-0.39, 0.29) is 24.0 Å². The van der Waals surface area contributed by atoms with Gasteiger partial charge in [0, 0.05) is 6.42 Å². The van der Waals surface area contributed by atoms with Gasteiger partial charge in [-0.05, 0) is 19.4 Å². The molecule has 1 heterocycles. The molecule has 0 spiro atoms. The molecule has 0 aliphatic carbocycles. The molecule has 0 saturated heterocycles. The van der Waals surface area contributed by atoms with Crippen molar-refractivity contribution < 1.29 is 17.9 Å². The third kappa shape index (κ3) is 3.31. The number of halogens is 3. The maximum Gasteiger partial charge on any atom is 0.433 e. The summed E-state index contributed by atoms with van der Waals surface area (Å²) >= 11 is 0. The first kappa shape index (κ1) is 14.4. The number of alkyl halides is 3. The summed E-state index contributed by atoms with van der Waals surface area (Å²) in [5, 5.41) is 5.69. The van der Waals surface area contributed by atoms with Crippen LogP contribution in [0, 0.1) is 0 Å². The molecule has 2 aromatic rings. The molecule has 0 amide bonds. The molecule has 0 fully saturated rings. The van der Waals surface area contributed by atoms with Crippen LogP contribution in [0.25, 0.3) is 0 Å². The van der Waals surface area contributed by atoms with E-state index in [4.69, 9.17) is 4.74 Å². The number of aromatic amines is 1. The maximum atomic E-state index is 13.0. The Morgan fingerprint density at radius 3 is 2.40 bits per heavy atom. The molecule has 0 saturated carbocycles. The van der Waals surface area contributed by atoms with Crippen molar-refractivity contribution in [3.63, 3.8) is 0 Å². The molecule has 20 heavy (non-hydrogen) atoms. The molecular weight excluding hydrogens is 269 g/mol. The van der Waals surface area contributed by atoms with Gasteiger partial charge in [0.05, 0.1) is 11.7 Å². The monoisotopic (exact) mass is 284 g/mol. The van der Waals surface area contributed by atoms with Crippen LogP contribution >= 0.6 is 0 Å². The normalized spacial score (nSPS) is 11.9. The summed E-state index contributed by atoms with van der Waals surface area (Å²) in [6, 6.07) is 8.92. The highest BCUT2D eigenvalue weighted by molar-refractivity contribution is 5.37. The maximum absolute atomic E-state index is 13.0. The molecule has 0 bridgehead atoms. The lowest BCUT2D eigenvalue weighted by Crippen LogP contribution is -2.11. The molecule has 3 nitrogen and oxygen atoms in total. The summed E-state index contributed by atoms with van der Waals surface area (Å²) in [4.78, 5) is 0. The van der Waals surface area contributed by atoms with E-state index in [2.05, 4.69) is 5.10 Å². The van der Waals surface area contributed by atoms with Gasteiger partial charge in [-0.15, -0.1) is 5.10 Å². The average molecular weight is 284 g/mol. The van der Waals surface area contributed by atoms with Crippen molar-refractivity contribution in [3.05, 3.63) is 47.2 Å². The second kappa shape index (κ2) is 5.56. The molecule has 108 valence electrons. The molecule has 0 radical (unpaired) electrons. The Hall–Kier alpha value is -1.98. The lowest BCUT2D eigenvalue weighted by molar-refractivity contribution is -0.141. The number of hydrogen-bond acceptors (Lipinski definition) is 2. The van der Waals surface area contributed by atoms with Crippen LogP contribution in [0.15, 0.2) is 30.3 Å². The van der Waals surface area contributed by atoms with Gasteiger partial charge < -0.3 is 4.74 Å². The SMILES string of the molecule is CC(C)Oc1n[nH]c(C(F)(F)F)c1Cc1ccccc1. The fourth-order valence-corrected chi connectivity index (χ4v) is 1.87. The molecule has 0 unspecified atom stereocenters. The quantitative estimate of drug-likeness (QED) is 0.927. The van der Waals surface area contributed by atoms with Crippen LogP contribution in [-0.2, 0) is 12.6 Å². The summed E-state index contributed by atoms with van der Waals surface area (Å²) in [6.07, 6.45) is -4.60. The van der Waals surface area contributed by atoms with Crippen LogP contribution in [0.1, 0.15) is 30.7 Å². The second-order valence-electron chi connectivity index (χ2n) is 4.71. The highest BCUT2D eigenvalue weighted by Crippen LogP contribution is 2.35. The Morgan fingerprint density at radius 1 is 1.20 bits per heavy atom. The fraction of sp³-hybridized carbons (Fsp3) is 0.357. The molecule has 1 aromatic heterocycles. The number of H-pyrrole nitrogens is 1. The van der Waals surface area contributed by atoms with Crippen molar-refractivity contribution in [2.24, 2.45) is 0 Å². The number of nitrogens with one attached hydrogen (secondary N) is 1. The minimum absolute atomic E-state index is 0.0104. The Kier molecular flexibility index (Phi) is 4.01. The molecule has 6 heteroatoms. The molecule has 1 aromatic carbocycles. The zero-order valence-electron chi connectivity index (χ0n) is 11.2. The van der Waals surface area contributed by atoms with E-state index in [1.54, 1.807) is 38.1 Å². The number of aromatic nitrogens is 2. The van der Waals surface area contributed by atoms with Crippen molar-refractivity contribution in [1.82, 2.24) is 10.2 Å². The minimum atomic E-state index is -4.48. The molecule has 1 N–H and O–H groups in total. The summed E-state index contributed by atoms with van der Waals surface area (Å²) in [5.41, 5.74) is -0.0394. The van der Waals surface area contributed by atoms with Gasteiger partial charge in [0.15, 0.2) is 0 Å². The van der Waals surface area contributed by atoms with E-state index in [1.165, 1.54) is 0 Å². The van der Waals surface area contributed by atoms with E-state index in [0.717, 1.165) is 5.56 Å². The Balaban J connectivity index is 2.39. The van der Waals surface area contributed by atoms with Gasteiger partial charge in [0.25, 0.3) is 0 Å². The molecule has 0 aliphatic heterocycles. The second-order valence-corrected chi connectivity index (χ2v) is 4.71. The zero-order valence-corrected chi connectivity index (χ0v) is 11.2. The third-order valence-corrected chi connectivity index (χ3v) is 2.68. The smallest absolute Gasteiger partial charge is 0.433 e. The largest absolute Gasteiger partial charge is 0.474 e. The lowest BCUT2D eigenvalue weighted by atomic mass is 10.0. The predicted octanol–water partition coefficient (Wildman–Crippen LogP) is 3.81. The van der Waals surface area contributed by atoms with Gasteiger partial charge in [-0.25, -0.2) is 0 Å². The van der Waals surface area contributed by atoms with Crippen LogP contribution in [0.2, 0.25) is 0 Å². The van der Waals surface area contributed by atoms with Crippen LogP contribution in [0.5, 0.6) is 5.88 Å². The van der Waals surface area contributed by atoms with E-state index in [0.29, 0.717) is 0 Å². The number of benzene rings is 1. The summed E-state index contributed by atoms with van der Waals surface area (Å²) in [5.74, 6) is 0.0104. The van der Waals surface area contributed by atoms with Gasteiger partial charge in [0.1, 0.15) is 5.69 Å². The highest BCUT2D eigenvalue weighted by atomic mass is 19.4. The molecular formula is C14H15F3N2O. The standard InChI is InChI=1S/C14H15F3N2O/c1-9(2)20-13-11(8-10-6-4-3-5-7-10)12(18-19-13)14(15,16)17/h3-7,9H,8H2,1-2H3,(H,18,19). The Bertz CT molecular complexity index is 562. The highest BCUT2D eigenvalue weighted by Gasteiger charge is 2.37. The average Bonchev–Trinajstić information content (AvgIpc) is 2.72. The molecule has 0 atom stereocenters. The predicted molar refractivity (Wildman–Crippen MR) is 68.6 cm³/mol. The summed E-state index contributed by atoms with van der Waals surface area (Å²) in [7, 11) is 0. The number of nitrogens with zero attached hydrogens (tertiary/aromatic N) is 1. The van der Waals surface area contributed by atoms with Gasteiger partial charge in [-0.3, -0.25) is 5.10 Å². The number of hydrogen-bond donors (Lipinski definition) is 1. The molecule has 2 rings (SSSR count). The first-order valence-corrected chi connectivity index (χ1v) is 6.23. The number of ether oxygens (including phenoxy) is 1. The van der Waals surface area contributed by atoms with Crippen molar-refractivity contribution >= 4 is 0 Å². The van der Waals surface area contributed by atoms with Gasteiger partial charge in [-0.2, -0.15) is 13.2 Å². The Morgan fingerprint density at radius 2 is 1.85 bits per heavy atom. The van der Waals surface area contributed by atoms with Crippen LogP contribution in [0.4, 0.5) is 13.2 Å². The van der Waals surface area contributed by atoms with Crippen LogP contribution in [0.3, 0.4) is 0 Å². The lowest BCUT2D eigenvalue weighted by Gasteiger charge is -2.11. The van der Waals surface area contributed by atoms with Crippen molar-refractivity contribution in [1.29, 1.82) is 0 Å². The van der Waals surface area contributed by atoms with Gasteiger partial charge >= 0.3 is 6.18 Å². The summed E-state index contributed by atoms with van der Waals surface area (Å²) in [6.45, 7) is 3.49. The van der Waals surface area contributed by atoms with Gasteiger partial charge in [-0.1, -0.05) is 30.3 Å². The Labute approximate surface area is 114 Å². The molecule has 0 aliphatic rings. The van der Waals surface area contributed by atoms with E-state index in [9.17, 15) is 13.2 Å².